The van der Waals surface area contributed by atoms with Gasteiger partial charge >= 0.3 is 18.1 Å². The van der Waals surface area contributed by atoms with Crippen molar-refractivity contribution in [3.05, 3.63) is 53.7 Å². The number of aromatic nitrogens is 1. The van der Waals surface area contributed by atoms with E-state index >= 15 is 0 Å². The Kier molecular flexibility index (Phi) is 7.78. The lowest BCUT2D eigenvalue weighted by Crippen LogP contribution is -2.47. The number of benzene rings is 1. The smallest absolute Gasteiger partial charge is 0.464 e. The number of ether oxygens (including phenoxy) is 1. The average Bonchev–Trinajstić information content (AvgIpc) is 3.51. The lowest BCUT2D eigenvalue weighted by Gasteiger charge is -2.35. The van der Waals surface area contributed by atoms with Crippen molar-refractivity contribution in [2.45, 2.75) is 50.2 Å². The molecule has 0 bridgehead atoms. The molecule has 2 aliphatic rings. The number of hydrogen-bond acceptors (Lipinski definition) is 6. The molecule has 1 aliphatic heterocycles. The van der Waals surface area contributed by atoms with Crippen molar-refractivity contribution >= 4 is 11.9 Å². The van der Waals surface area contributed by atoms with Crippen LogP contribution < -0.4 is 0 Å². The predicted octanol–water partition coefficient (Wildman–Crippen LogP) is 4.05. The van der Waals surface area contributed by atoms with Crippen LogP contribution in [0.5, 0.6) is 0 Å². The molecule has 2 unspecified atom stereocenters. The maximum atomic E-state index is 13.3. The van der Waals surface area contributed by atoms with Gasteiger partial charge in [-0.2, -0.15) is 13.2 Å². The van der Waals surface area contributed by atoms with E-state index in [4.69, 9.17) is 4.42 Å². The first-order chi connectivity index (χ1) is 16.8. The molecule has 1 aromatic carbocycles. The highest BCUT2D eigenvalue weighted by molar-refractivity contribution is 5.86. The van der Waals surface area contributed by atoms with E-state index in [9.17, 15) is 22.8 Å². The molecule has 1 saturated carbocycles. The highest BCUT2D eigenvalue weighted by atomic mass is 19.4. The molecule has 7 nitrogen and oxygen atoms in total. The summed E-state index contributed by atoms with van der Waals surface area (Å²) in [5.41, 5.74) is 1.13. The number of oxazole rings is 1. The minimum atomic E-state index is -4.86. The number of carbonyl (C=O) groups excluding carboxylic acids is 2. The van der Waals surface area contributed by atoms with Gasteiger partial charge in [0, 0.05) is 24.9 Å². The number of methoxy groups -OCH3 is 1. The number of esters is 1. The fourth-order valence-electron chi connectivity index (χ4n) is 4.86. The third kappa shape index (κ3) is 6.42. The normalized spacial score (nSPS) is 21.0. The van der Waals surface area contributed by atoms with Crippen LogP contribution in [0.3, 0.4) is 0 Å². The quantitative estimate of drug-likeness (QED) is 0.491. The molecule has 2 atom stereocenters. The minimum absolute atomic E-state index is 0.0301. The van der Waals surface area contributed by atoms with Gasteiger partial charge < -0.3 is 19.0 Å². The Bertz CT molecular complexity index is 1000. The fraction of sp³-hybridized carbons (Fsp3) is 0.560. The number of rotatable bonds is 9. The average molecular weight is 494 g/mol. The molecule has 0 radical (unpaired) electrons. The van der Waals surface area contributed by atoms with Gasteiger partial charge in [-0.3, -0.25) is 4.79 Å². The monoisotopic (exact) mass is 493 g/mol. The predicted molar refractivity (Wildman–Crippen MR) is 121 cm³/mol. The molecule has 2 aromatic rings. The Hall–Kier alpha value is -2.88. The van der Waals surface area contributed by atoms with Crippen LogP contribution in [0.1, 0.15) is 53.5 Å². The first-order valence-corrected chi connectivity index (χ1v) is 11.9. The number of piperidine rings is 1. The van der Waals surface area contributed by atoms with E-state index < -0.39 is 18.1 Å². The molecule has 0 N–H and O–H groups in total. The lowest BCUT2D eigenvalue weighted by molar-refractivity contribution is -0.187. The van der Waals surface area contributed by atoms with Crippen LogP contribution in [0.4, 0.5) is 13.2 Å². The zero-order valence-corrected chi connectivity index (χ0v) is 19.7. The molecule has 10 heteroatoms. The summed E-state index contributed by atoms with van der Waals surface area (Å²) in [6.45, 7) is 2.48. The molecular weight excluding hydrogens is 463 g/mol. The molecule has 1 aromatic heterocycles. The zero-order valence-electron chi connectivity index (χ0n) is 19.7. The molecule has 190 valence electrons. The second-order valence-electron chi connectivity index (χ2n) is 9.28. The third-order valence-corrected chi connectivity index (χ3v) is 6.86. The zero-order chi connectivity index (χ0) is 25.0. The maximum Gasteiger partial charge on any atom is 0.471 e. The van der Waals surface area contributed by atoms with Crippen LogP contribution in [0.2, 0.25) is 0 Å². The van der Waals surface area contributed by atoms with E-state index in [2.05, 4.69) is 14.6 Å². The summed E-state index contributed by atoms with van der Waals surface area (Å²) in [7, 11) is 1.28. The van der Waals surface area contributed by atoms with Gasteiger partial charge in [-0.05, 0) is 56.8 Å². The lowest BCUT2D eigenvalue weighted by atomic mass is 9.95. The molecule has 2 heterocycles. The van der Waals surface area contributed by atoms with Gasteiger partial charge in [0.2, 0.25) is 0 Å². The van der Waals surface area contributed by atoms with Crippen LogP contribution in [0.25, 0.3) is 0 Å². The molecule has 1 aliphatic carbocycles. The van der Waals surface area contributed by atoms with Crippen molar-refractivity contribution in [2.75, 3.05) is 33.3 Å². The minimum Gasteiger partial charge on any atom is -0.464 e. The van der Waals surface area contributed by atoms with Gasteiger partial charge in [0.15, 0.2) is 11.6 Å². The van der Waals surface area contributed by atoms with Crippen molar-refractivity contribution in [1.82, 2.24) is 14.8 Å². The van der Waals surface area contributed by atoms with Gasteiger partial charge in [0.25, 0.3) is 0 Å². The van der Waals surface area contributed by atoms with Crippen molar-refractivity contribution in [3.8, 4) is 0 Å². The summed E-state index contributed by atoms with van der Waals surface area (Å²) in [5, 5.41) is 0. The Morgan fingerprint density at radius 2 is 1.91 bits per heavy atom. The van der Waals surface area contributed by atoms with Crippen LogP contribution >= 0.6 is 0 Å². The van der Waals surface area contributed by atoms with Crippen molar-refractivity contribution in [3.63, 3.8) is 0 Å². The summed E-state index contributed by atoms with van der Waals surface area (Å²) in [6.07, 6.45) is -0.158. The summed E-state index contributed by atoms with van der Waals surface area (Å²) in [6, 6.07) is 9.05. The third-order valence-electron chi connectivity index (χ3n) is 6.86. The first kappa shape index (κ1) is 25.2. The van der Waals surface area contributed by atoms with Gasteiger partial charge in [0.1, 0.15) is 6.26 Å². The Morgan fingerprint density at radius 3 is 2.57 bits per heavy atom. The number of amides is 1. The molecule has 4 rings (SSSR count). The van der Waals surface area contributed by atoms with Gasteiger partial charge in [0.05, 0.1) is 7.11 Å². The number of carbonyl (C=O) groups is 2. The van der Waals surface area contributed by atoms with Gasteiger partial charge in [-0.25, -0.2) is 9.78 Å². The van der Waals surface area contributed by atoms with E-state index in [1.54, 1.807) is 0 Å². The molecule has 35 heavy (non-hydrogen) atoms. The van der Waals surface area contributed by atoms with E-state index in [0.29, 0.717) is 18.7 Å². The van der Waals surface area contributed by atoms with Crippen molar-refractivity contribution in [1.29, 1.82) is 0 Å². The second kappa shape index (κ2) is 10.8. The number of nitrogens with zero attached hydrogens (tertiary/aromatic N) is 3. The first-order valence-electron chi connectivity index (χ1n) is 11.9. The van der Waals surface area contributed by atoms with Crippen LogP contribution in [-0.2, 0) is 16.0 Å². The molecule has 1 amide bonds. The van der Waals surface area contributed by atoms with E-state index in [1.165, 1.54) is 13.4 Å². The summed E-state index contributed by atoms with van der Waals surface area (Å²) in [4.78, 5) is 31.1. The second-order valence-corrected chi connectivity index (χ2v) is 9.28. The standard InChI is InChI=1S/C25H30F3N3O4/c1-34-23(32)20-16-35-22(29-20)8-5-11-30-12-9-17(10-13-30)15-31(24(33)25(26,27)28)21-14-19(21)18-6-3-2-4-7-18/h2-4,6-7,16-17,19,21H,5,8-15H2,1H3. The molecule has 0 spiro atoms. The summed E-state index contributed by atoms with van der Waals surface area (Å²) in [5.74, 6) is -1.78. The highest BCUT2D eigenvalue weighted by Crippen LogP contribution is 2.46. The Balaban J connectivity index is 1.25. The Labute approximate surface area is 202 Å². The van der Waals surface area contributed by atoms with Crippen LogP contribution in [0.15, 0.2) is 41.0 Å². The van der Waals surface area contributed by atoms with Gasteiger partial charge in [-0.15, -0.1) is 0 Å². The number of likely N-dealkylation sites (tertiary alicyclic amines) is 1. The topological polar surface area (TPSA) is 75.9 Å². The number of aryl methyl sites for hydroxylation is 1. The number of alkyl halides is 3. The van der Waals surface area contributed by atoms with Crippen LogP contribution in [0, 0.1) is 5.92 Å². The number of hydrogen-bond donors (Lipinski definition) is 0. The van der Waals surface area contributed by atoms with Crippen molar-refractivity contribution < 1.29 is 31.9 Å². The summed E-state index contributed by atoms with van der Waals surface area (Å²) >= 11 is 0. The van der Waals surface area contributed by atoms with E-state index in [1.807, 2.05) is 30.3 Å². The fourth-order valence-corrected chi connectivity index (χ4v) is 4.86. The van der Waals surface area contributed by atoms with E-state index in [-0.39, 0.29) is 30.1 Å². The highest BCUT2D eigenvalue weighted by Gasteiger charge is 2.52. The molecule has 1 saturated heterocycles. The maximum absolute atomic E-state index is 13.3. The van der Waals surface area contributed by atoms with E-state index in [0.717, 1.165) is 49.4 Å². The molecular formula is C25H30F3N3O4. The Morgan fingerprint density at radius 1 is 1.20 bits per heavy atom. The largest absolute Gasteiger partial charge is 0.471 e. The SMILES string of the molecule is COC(=O)c1coc(CCCN2CCC(CN(C(=O)C(F)(F)F)C3CC3c3ccccc3)CC2)n1. The van der Waals surface area contributed by atoms with Gasteiger partial charge in [-0.1, -0.05) is 30.3 Å². The molecule has 2 fully saturated rings. The summed E-state index contributed by atoms with van der Waals surface area (Å²) < 4.78 is 49.9. The van der Waals surface area contributed by atoms with Crippen molar-refractivity contribution in [2.24, 2.45) is 5.92 Å². The van der Waals surface area contributed by atoms with Crippen LogP contribution in [-0.4, -0.2) is 72.2 Å². The number of halogens is 3.